The minimum Gasteiger partial charge on any atom is -0.385 e. The third-order valence-electron chi connectivity index (χ3n) is 2.90. The van der Waals surface area contributed by atoms with Gasteiger partial charge in [-0.2, -0.15) is 0 Å². The third kappa shape index (κ3) is 1.91. The first-order valence-electron chi connectivity index (χ1n) is 5.05. The van der Waals surface area contributed by atoms with Crippen LogP contribution in [0.4, 0.5) is 0 Å². The lowest BCUT2D eigenvalue weighted by Crippen LogP contribution is -2.16. The lowest BCUT2D eigenvalue weighted by atomic mass is 9.85. The number of nitrogens with zero attached hydrogens (tertiary/aromatic N) is 1. The Morgan fingerprint density at radius 3 is 2.77 bits per heavy atom. The number of nitrogens with one attached hydrogen (secondary N) is 1. The van der Waals surface area contributed by atoms with Gasteiger partial charge in [0.15, 0.2) is 0 Å². The number of rotatable bonds is 2. The average Bonchev–Trinajstić information content (AvgIpc) is 2.71. The largest absolute Gasteiger partial charge is 0.385 e. The van der Waals surface area contributed by atoms with Crippen molar-refractivity contribution in [2.24, 2.45) is 5.92 Å². The Labute approximate surface area is 78.2 Å². The smallest absolute Gasteiger partial charge is 0.135 e. The second kappa shape index (κ2) is 3.92. The number of hydrogen-bond donors (Lipinski definition) is 2. The summed E-state index contributed by atoms with van der Waals surface area (Å²) in [5, 5.41) is 9.94. The Morgan fingerprint density at radius 2 is 2.15 bits per heavy atom. The molecule has 0 aromatic carbocycles. The molecule has 3 heteroatoms. The van der Waals surface area contributed by atoms with Gasteiger partial charge in [-0.25, -0.2) is 4.98 Å². The molecule has 0 radical (unpaired) electrons. The Balaban J connectivity index is 1.99. The van der Waals surface area contributed by atoms with Crippen molar-refractivity contribution in [2.75, 3.05) is 0 Å². The molecule has 0 unspecified atom stereocenters. The van der Waals surface area contributed by atoms with Crippen molar-refractivity contribution in [3.05, 3.63) is 18.2 Å². The highest BCUT2D eigenvalue weighted by Crippen LogP contribution is 2.32. The first-order chi connectivity index (χ1) is 6.38. The Kier molecular flexibility index (Phi) is 2.64. The molecule has 0 amide bonds. The van der Waals surface area contributed by atoms with Crippen LogP contribution in [-0.2, 0) is 0 Å². The number of hydrogen-bond acceptors (Lipinski definition) is 2. The molecule has 0 spiro atoms. The number of imidazole rings is 1. The monoisotopic (exact) mass is 180 g/mol. The van der Waals surface area contributed by atoms with E-state index in [0.29, 0.717) is 5.92 Å². The predicted octanol–water partition coefficient (Wildman–Crippen LogP) is 2.02. The summed E-state index contributed by atoms with van der Waals surface area (Å²) in [6.45, 7) is 0. The number of H-pyrrole nitrogens is 1. The first-order valence-corrected chi connectivity index (χ1v) is 5.05. The van der Waals surface area contributed by atoms with Crippen LogP contribution >= 0.6 is 0 Å². The van der Waals surface area contributed by atoms with E-state index in [4.69, 9.17) is 0 Å². The van der Waals surface area contributed by atoms with Gasteiger partial charge >= 0.3 is 0 Å². The summed E-state index contributed by atoms with van der Waals surface area (Å²) in [4.78, 5) is 7.06. The van der Waals surface area contributed by atoms with E-state index in [1.165, 1.54) is 19.3 Å². The van der Waals surface area contributed by atoms with Gasteiger partial charge < -0.3 is 10.1 Å². The Bertz CT molecular complexity index is 239. The SMILES string of the molecule is O[C@@H](c1ncc[nH]1)C1CCCCC1. The molecule has 1 aliphatic carbocycles. The lowest BCUT2D eigenvalue weighted by molar-refractivity contribution is 0.0779. The minimum atomic E-state index is -0.379. The van der Waals surface area contributed by atoms with E-state index in [1.54, 1.807) is 12.4 Å². The molecular weight excluding hydrogens is 164 g/mol. The van der Waals surface area contributed by atoms with Crippen LogP contribution < -0.4 is 0 Å². The third-order valence-corrected chi connectivity index (χ3v) is 2.90. The van der Waals surface area contributed by atoms with E-state index in [1.807, 2.05) is 0 Å². The van der Waals surface area contributed by atoms with Gasteiger partial charge in [0.2, 0.25) is 0 Å². The summed E-state index contributed by atoms with van der Waals surface area (Å²) in [5.74, 6) is 1.15. The van der Waals surface area contributed by atoms with Gasteiger partial charge in [-0.05, 0) is 18.8 Å². The number of aromatic nitrogens is 2. The van der Waals surface area contributed by atoms with Crippen molar-refractivity contribution < 1.29 is 5.11 Å². The van der Waals surface area contributed by atoms with E-state index in [2.05, 4.69) is 9.97 Å². The highest BCUT2D eigenvalue weighted by atomic mass is 16.3. The minimum absolute atomic E-state index is 0.379. The maximum atomic E-state index is 9.94. The van der Waals surface area contributed by atoms with E-state index >= 15 is 0 Å². The lowest BCUT2D eigenvalue weighted by Gasteiger charge is -2.25. The quantitative estimate of drug-likeness (QED) is 0.731. The van der Waals surface area contributed by atoms with Crippen molar-refractivity contribution >= 4 is 0 Å². The summed E-state index contributed by atoms with van der Waals surface area (Å²) in [6.07, 6.45) is 9.19. The highest BCUT2D eigenvalue weighted by molar-refractivity contribution is 4.94. The summed E-state index contributed by atoms with van der Waals surface area (Å²) in [5.41, 5.74) is 0. The van der Waals surface area contributed by atoms with Crippen LogP contribution in [0.5, 0.6) is 0 Å². The zero-order valence-electron chi connectivity index (χ0n) is 7.74. The van der Waals surface area contributed by atoms with Gasteiger partial charge in [0.05, 0.1) is 0 Å². The normalized spacial score (nSPS) is 21.6. The first kappa shape index (κ1) is 8.75. The molecular formula is C10H16N2O. The van der Waals surface area contributed by atoms with Crippen molar-refractivity contribution in [3.63, 3.8) is 0 Å². The van der Waals surface area contributed by atoms with Crippen molar-refractivity contribution in [3.8, 4) is 0 Å². The van der Waals surface area contributed by atoms with Gasteiger partial charge in [0.1, 0.15) is 11.9 Å². The molecule has 1 aromatic rings. The summed E-state index contributed by atoms with van der Waals surface area (Å²) in [6, 6.07) is 0. The molecule has 1 aromatic heterocycles. The zero-order valence-corrected chi connectivity index (χ0v) is 7.74. The van der Waals surface area contributed by atoms with Gasteiger partial charge in [0, 0.05) is 12.4 Å². The van der Waals surface area contributed by atoms with Crippen LogP contribution in [0.15, 0.2) is 12.4 Å². The van der Waals surface area contributed by atoms with Crippen LogP contribution in [0.2, 0.25) is 0 Å². The van der Waals surface area contributed by atoms with Crippen LogP contribution in [0.3, 0.4) is 0 Å². The van der Waals surface area contributed by atoms with Crippen LogP contribution in [0.25, 0.3) is 0 Å². The number of aliphatic hydroxyl groups excluding tert-OH is 1. The van der Waals surface area contributed by atoms with Gasteiger partial charge in [-0.15, -0.1) is 0 Å². The van der Waals surface area contributed by atoms with Crippen molar-refractivity contribution in [1.29, 1.82) is 0 Å². The molecule has 1 heterocycles. The molecule has 1 aliphatic rings. The van der Waals surface area contributed by atoms with Gasteiger partial charge in [-0.1, -0.05) is 19.3 Å². The summed E-state index contributed by atoms with van der Waals surface area (Å²) < 4.78 is 0. The second-order valence-electron chi connectivity index (χ2n) is 3.82. The number of aliphatic hydroxyl groups is 1. The highest BCUT2D eigenvalue weighted by Gasteiger charge is 2.24. The van der Waals surface area contributed by atoms with Crippen molar-refractivity contribution in [1.82, 2.24) is 9.97 Å². The second-order valence-corrected chi connectivity index (χ2v) is 3.82. The molecule has 72 valence electrons. The van der Waals surface area contributed by atoms with Crippen LogP contribution in [-0.4, -0.2) is 15.1 Å². The van der Waals surface area contributed by atoms with Crippen LogP contribution in [0.1, 0.15) is 44.0 Å². The molecule has 2 N–H and O–H groups in total. The molecule has 0 saturated heterocycles. The standard InChI is InChI=1S/C10H16N2O/c13-9(10-11-6-7-12-10)8-4-2-1-3-5-8/h6-9,13H,1-5H2,(H,11,12)/t9-/m1/s1. The predicted molar refractivity (Wildman–Crippen MR) is 50.1 cm³/mol. The molecule has 2 rings (SSSR count). The maximum absolute atomic E-state index is 9.94. The van der Waals surface area contributed by atoms with E-state index in [0.717, 1.165) is 18.7 Å². The molecule has 0 aliphatic heterocycles. The van der Waals surface area contributed by atoms with Gasteiger partial charge in [0.25, 0.3) is 0 Å². The fourth-order valence-electron chi connectivity index (χ4n) is 2.11. The molecule has 1 saturated carbocycles. The Morgan fingerprint density at radius 1 is 1.38 bits per heavy atom. The topological polar surface area (TPSA) is 48.9 Å². The van der Waals surface area contributed by atoms with Crippen LogP contribution in [0, 0.1) is 5.92 Å². The molecule has 1 fully saturated rings. The van der Waals surface area contributed by atoms with E-state index in [9.17, 15) is 5.11 Å². The molecule has 1 atom stereocenters. The number of aromatic amines is 1. The van der Waals surface area contributed by atoms with E-state index in [-0.39, 0.29) is 6.10 Å². The van der Waals surface area contributed by atoms with E-state index < -0.39 is 0 Å². The average molecular weight is 180 g/mol. The van der Waals surface area contributed by atoms with Gasteiger partial charge in [-0.3, -0.25) is 0 Å². The maximum Gasteiger partial charge on any atom is 0.135 e. The molecule has 3 nitrogen and oxygen atoms in total. The molecule has 0 bridgehead atoms. The summed E-state index contributed by atoms with van der Waals surface area (Å²) >= 11 is 0. The Hall–Kier alpha value is -0.830. The molecule has 13 heavy (non-hydrogen) atoms. The zero-order chi connectivity index (χ0) is 9.10. The fourth-order valence-corrected chi connectivity index (χ4v) is 2.11. The summed E-state index contributed by atoms with van der Waals surface area (Å²) in [7, 11) is 0. The fraction of sp³-hybridized carbons (Fsp3) is 0.700. The van der Waals surface area contributed by atoms with Crippen molar-refractivity contribution in [2.45, 2.75) is 38.2 Å².